The van der Waals surface area contributed by atoms with Gasteiger partial charge in [-0.25, -0.2) is 0 Å². The average Bonchev–Trinajstić information content (AvgIpc) is 2.21. The first kappa shape index (κ1) is 14.9. The third kappa shape index (κ3) is 8.85. The monoisotopic (exact) mass is 216 g/mol. The van der Waals surface area contributed by atoms with Crippen LogP contribution in [0.4, 0.5) is 0 Å². The van der Waals surface area contributed by atoms with Crippen molar-refractivity contribution in [2.24, 2.45) is 0 Å². The molecule has 0 aromatic carbocycles. The van der Waals surface area contributed by atoms with Crippen molar-refractivity contribution in [3.8, 4) is 0 Å². The van der Waals surface area contributed by atoms with Crippen molar-refractivity contribution in [3.63, 3.8) is 0 Å². The zero-order valence-electron chi connectivity index (χ0n) is 10.9. The van der Waals surface area contributed by atoms with E-state index in [0.29, 0.717) is 6.04 Å². The molecule has 0 saturated heterocycles. The van der Waals surface area contributed by atoms with Gasteiger partial charge >= 0.3 is 0 Å². The second-order valence-electron chi connectivity index (χ2n) is 4.08. The summed E-state index contributed by atoms with van der Waals surface area (Å²) in [6.45, 7) is 14.8. The molecule has 1 N–H and O–H groups in total. The van der Waals surface area contributed by atoms with E-state index in [2.05, 4.69) is 31.0 Å². The van der Waals surface area contributed by atoms with Crippen LogP contribution in [0.3, 0.4) is 0 Å². The molecule has 0 aliphatic heterocycles. The van der Waals surface area contributed by atoms with Crippen LogP contribution < -0.4 is 5.32 Å². The molecule has 0 fully saturated rings. The highest BCUT2D eigenvalue weighted by Crippen LogP contribution is 1.96. The van der Waals surface area contributed by atoms with E-state index >= 15 is 0 Å². The maximum Gasteiger partial charge on any atom is 0.0593 e. The van der Waals surface area contributed by atoms with Gasteiger partial charge in [0.25, 0.3) is 0 Å². The van der Waals surface area contributed by atoms with E-state index in [0.717, 1.165) is 39.4 Å². The van der Waals surface area contributed by atoms with Gasteiger partial charge in [0, 0.05) is 32.3 Å². The number of nitrogens with zero attached hydrogens (tertiary/aromatic N) is 1. The molecule has 3 heteroatoms. The second-order valence-corrected chi connectivity index (χ2v) is 4.08. The summed E-state index contributed by atoms with van der Waals surface area (Å²) in [6.07, 6.45) is 1.21. The smallest absolute Gasteiger partial charge is 0.0593 e. The van der Waals surface area contributed by atoms with E-state index in [9.17, 15) is 0 Å². The van der Waals surface area contributed by atoms with Gasteiger partial charge in [-0.15, -0.1) is 0 Å². The summed E-state index contributed by atoms with van der Waals surface area (Å²) in [5.41, 5.74) is 0. The molecule has 0 atom stereocenters. The van der Waals surface area contributed by atoms with Crippen molar-refractivity contribution < 1.29 is 4.74 Å². The molecular formula is C12H28N2O. The summed E-state index contributed by atoms with van der Waals surface area (Å²) in [6, 6.07) is 0.605. The molecule has 0 heterocycles. The van der Waals surface area contributed by atoms with Crippen LogP contribution in [0, 0.1) is 0 Å². The number of rotatable bonds is 10. The van der Waals surface area contributed by atoms with Gasteiger partial charge in [0.1, 0.15) is 0 Å². The first-order chi connectivity index (χ1) is 7.22. The van der Waals surface area contributed by atoms with Crippen LogP contribution in [0.1, 0.15) is 34.1 Å². The second kappa shape index (κ2) is 10.4. The van der Waals surface area contributed by atoms with E-state index in [4.69, 9.17) is 4.74 Å². The molecule has 3 nitrogen and oxygen atoms in total. The predicted molar refractivity (Wildman–Crippen MR) is 66.4 cm³/mol. The first-order valence-electron chi connectivity index (χ1n) is 6.24. The van der Waals surface area contributed by atoms with Crippen molar-refractivity contribution in [1.82, 2.24) is 10.2 Å². The van der Waals surface area contributed by atoms with Crippen LogP contribution in [0.2, 0.25) is 0 Å². The van der Waals surface area contributed by atoms with Gasteiger partial charge in [0.05, 0.1) is 6.61 Å². The number of ether oxygens (including phenoxy) is 1. The lowest BCUT2D eigenvalue weighted by atomic mass is 10.3. The predicted octanol–water partition coefficient (Wildman–Crippen LogP) is 1.73. The topological polar surface area (TPSA) is 24.5 Å². The molecule has 0 unspecified atom stereocenters. The molecule has 0 saturated carbocycles. The van der Waals surface area contributed by atoms with Crippen molar-refractivity contribution in [1.29, 1.82) is 0 Å². The van der Waals surface area contributed by atoms with E-state index in [-0.39, 0.29) is 0 Å². The minimum Gasteiger partial charge on any atom is -0.380 e. The van der Waals surface area contributed by atoms with Crippen LogP contribution in [-0.2, 0) is 4.74 Å². The molecule has 92 valence electrons. The third-order valence-corrected chi connectivity index (χ3v) is 2.46. The van der Waals surface area contributed by atoms with Gasteiger partial charge in [-0.05, 0) is 33.7 Å². The maximum absolute atomic E-state index is 5.38. The Morgan fingerprint density at radius 2 is 1.87 bits per heavy atom. The summed E-state index contributed by atoms with van der Waals surface area (Å²) in [4.78, 5) is 2.46. The number of hydrogen-bond acceptors (Lipinski definition) is 3. The Bertz CT molecular complexity index is 129. The lowest BCUT2D eigenvalue weighted by molar-refractivity contribution is 0.101. The SMILES string of the molecule is CCCNCCN(CCOCC)C(C)C. The Kier molecular flexibility index (Phi) is 10.3. The normalized spacial score (nSPS) is 11.6. The van der Waals surface area contributed by atoms with Crippen molar-refractivity contribution in [3.05, 3.63) is 0 Å². The molecule has 0 rings (SSSR count). The van der Waals surface area contributed by atoms with Gasteiger partial charge < -0.3 is 10.1 Å². The summed E-state index contributed by atoms with van der Waals surface area (Å²) in [7, 11) is 0. The van der Waals surface area contributed by atoms with Crippen LogP contribution in [0.5, 0.6) is 0 Å². The molecule has 0 aromatic rings. The standard InChI is InChI=1S/C12H28N2O/c1-5-7-13-8-9-14(12(3)4)10-11-15-6-2/h12-13H,5-11H2,1-4H3. The van der Waals surface area contributed by atoms with E-state index in [1.165, 1.54) is 6.42 Å². The van der Waals surface area contributed by atoms with Gasteiger partial charge in [-0.3, -0.25) is 4.90 Å². The molecule has 0 aliphatic rings. The van der Waals surface area contributed by atoms with Crippen molar-refractivity contribution >= 4 is 0 Å². The molecule has 0 spiro atoms. The highest BCUT2D eigenvalue weighted by atomic mass is 16.5. The molecule has 0 bridgehead atoms. The van der Waals surface area contributed by atoms with Crippen LogP contribution in [0.25, 0.3) is 0 Å². The lowest BCUT2D eigenvalue weighted by Crippen LogP contribution is -2.39. The minimum atomic E-state index is 0.605. The van der Waals surface area contributed by atoms with Gasteiger partial charge in [0.2, 0.25) is 0 Å². The molecule has 0 aliphatic carbocycles. The van der Waals surface area contributed by atoms with E-state index in [1.807, 2.05) is 6.92 Å². The molecular weight excluding hydrogens is 188 g/mol. The zero-order valence-corrected chi connectivity index (χ0v) is 10.9. The van der Waals surface area contributed by atoms with Crippen LogP contribution in [0.15, 0.2) is 0 Å². The summed E-state index contributed by atoms with van der Waals surface area (Å²) < 4.78 is 5.38. The van der Waals surface area contributed by atoms with Gasteiger partial charge in [-0.1, -0.05) is 6.92 Å². The lowest BCUT2D eigenvalue weighted by Gasteiger charge is -2.26. The fourth-order valence-corrected chi connectivity index (χ4v) is 1.48. The summed E-state index contributed by atoms with van der Waals surface area (Å²) in [5.74, 6) is 0. The Hall–Kier alpha value is -0.120. The fourth-order valence-electron chi connectivity index (χ4n) is 1.48. The number of nitrogens with one attached hydrogen (secondary N) is 1. The van der Waals surface area contributed by atoms with Crippen LogP contribution >= 0.6 is 0 Å². The Morgan fingerprint density at radius 3 is 2.40 bits per heavy atom. The largest absolute Gasteiger partial charge is 0.380 e. The Labute approximate surface area is 95.2 Å². The quantitative estimate of drug-likeness (QED) is 0.563. The van der Waals surface area contributed by atoms with Crippen molar-refractivity contribution in [2.45, 2.75) is 40.2 Å². The first-order valence-corrected chi connectivity index (χ1v) is 6.24. The average molecular weight is 216 g/mol. The summed E-state index contributed by atoms with van der Waals surface area (Å²) >= 11 is 0. The summed E-state index contributed by atoms with van der Waals surface area (Å²) in [5, 5.41) is 3.43. The maximum atomic E-state index is 5.38. The molecule has 0 amide bonds. The zero-order chi connectivity index (χ0) is 11.5. The van der Waals surface area contributed by atoms with Gasteiger partial charge in [0.15, 0.2) is 0 Å². The highest BCUT2D eigenvalue weighted by molar-refractivity contribution is 4.63. The van der Waals surface area contributed by atoms with Gasteiger partial charge in [-0.2, -0.15) is 0 Å². The van der Waals surface area contributed by atoms with Crippen molar-refractivity contribution in [2.75, 3.05) is 39.4 Å². The highest BCUT2D eigenvalue weighted by Gasteiger charge is 2.07. The molecule has 0 radical (unpaired) electrons. The van der Waals surface area contributed by atoms with Crippen LogP contribution in [-0.4, -0.2) is 50.3 Å². The molecule has 0 aromatic heterocycles. The van der Waals surface area contributed by atoms with E-state index < -0.39 is 0 Å². The Balaban J connectivity index is 3.54. The minimum absolute atomic E-state index is 0.605. The number of hydrogen-bond donors (Lipinski definition) is 1. The Morgan fingerprint density at radius 1 is 1.13 bits per heavy atom. The fraction of sp³-hybridized carbons (Fsp3) is 1.00. The van der Waals surface area contributed by atoms with E-state index in [1.54, 1.807) is 0 Å². The third-order valence-electron chi connectivity index (χ3n) is 2.46. The molecule has 15 heavy (non-hydrogen) atoms.